The summed E-state index contributed by atoms with van der Waals surface area (Å²) in [7, 11) is 0. The molecule has 0 aromatic heterocycles. The minimum absolute atomic E-state index is 0.188. The second kappa shape index (κ2) is 5.32. The SMILES string of the molecule is Cc1cccc(/C(N)=N/O)c1N1CCN(C2CC2)CC1. The maximum Gasteiger partial charge on any atom is 0.172 e. The van der Waals surface area contributed by atoms with E-state index in [4.69, 9.17) is 10.9 Å². The minimum atomic E-state index is 0.188. The van der Waals surface area contributed by atoms with E-state index < -0.39 is 0 Å². The maximum absolute atomic E-state index is 8.96. The van der Waals surface area contributed by atoms with E-state index in [1.807, 2.05) is 12.1 Å². The summed E-state index contributed by atoms with van der Waals surface area (Å²) in [5.74, 6) is 0.188. The fourth-order valence-corrected chi connectivity index (χ4v) is 3.09. The van der Waals surface area contributed by atoms with Crippen molar-refractivity contribution >= 4 is 11.5 Å². The van der Waals surface area contributed by atoms with Gasteiger partial charge in [0.15, 0.2) is 5.84 Å². The Labute approximate surface area is 119 Å². The van der Waals surface area contributed by atoms with Crippen LogP contribution in [0.2, 0.25) is 0 Å². The lowest BCUT2D eigenvalue weighted by molar-refractivity contribution is 0.248. The van der Waals surface area contributed by atoms with Gasteiger partial charge in [-0.15, -0.1) is 0 Å². The molecule has 20 heavy (non-hydrogen) atoms. The van der Waals surface area contributed by atoms with E-state index in [9.17, 15) is 0 Å². The Bertz CT molecular complexity index is 517. The first-order valence-corrected chi connectivity index (χ1v) is 7.27. The molecule has 5 nitrogen and oxygen atoms in total. The van der Waals surface area contributed by atoms with E-state index in [2.05, 4.69) is 27.9 Å². The fraction of sp³-hybridized carbons (Fsp3) is 0.533. The molecule has 0 atom stereocenters. The number of anilines is 1. The predicted octanol–water partition coefficient (Wildman–Crippen LogP) is 1.37. The molecular weight excluding hydrogens is 252 g/mol. The summed E-state index contributed by atoms with van der Waals surface area (Å²) in [6, 6.07) is 6.78. The van der Waals surface area contributed by atoms with Gasteiger partial charge < -0.3 is 15.8 Å². The molecule has 2 fully saturated rings. The first kappa shape index (κ1) is 13.2. The Morgan fingerprint density at radius 3 is 2.55 bits per heavy atom. The molecule has 0 spiro atoms. The van der Waals surface area contributed by atoms with Crippen molar-refractivity contribution in [3.63, 3.8) is 0 Å². The number of piperazine rings is 1. The van der Waals surface area contributed by atoms with Crippen LogP contribution in [0, 0.1) is 6.92 Å². The van der Waals surface area contributed by atoms with Gasteiger partial charge in [0.1, 0.15) is 0 Å². The molecule has 0 radical (unpaired) electrons. The minimum Gasteiger partial charge on any atom is -0.409 e. The quantitative estimate of drug-likeness (QED) is 0.378. The number of nitrogens with two attached hydrogens (primary N) is 1. The van der Waals surface area contributed by atoms with Gasteiger partial charge in [-0.2, -0.15) is 0 Å². The second-order valence-electron chi connectivity index (χ2n) is 5.71. The molecule has 3 rings (SSSR count). The lowest BCUT2D eigenvalue weighted by Crippen LogP contribution is -2.48. The van der Waals surface area contributed by atoms with Crippen LogP contribution in [0.15, 0.2) is 23.4 Å². The van der Waals surface area contributed by atoms with Crippen LogP contribution in [-0.4, -0.2) is 48.2 Å². The number of amidine groups is 1. The summed E-state index contributed by atoms with van der Waals surface area (Å²) in [6.45, 7) is 6.31. The Kier molecular flexibility index (Phi) is 3.53. The highest BCUT2D eigenvalue weighted by molar-refractivity contribution is 6.02. The third-order valence-corrected chi connectivity index (χ3v) is 4.32. The number of hydrogen-bond donors (Lipinski definition) is 2. The zero-order chi connectivity index (χ0) is 14.1. The van der Waals surface area contributed by atoms with Gasteiger partial charge in [0.25, 0.3) is 0 Å². The Balaban J connectivity index is 1.82. The Hall–Kier alpha value is -1.75. The van der Waals surface area contributed by atoms with Crippen molar-refractivity contribution in [3.8, 4) is 0 Å². The zero-order valence-electron chi connectivity index (χ0n) is 11.9. The van der Waals surface area contributed by atoms with Gasteiger partial charge in [0, 0.05) is 37.8 Å². The largest absolute Gasteiger partial charge is 0.409 e. The molecule has 5 heteroatoms. The van der Waals surface area contributed by atoms with Gasteiger partial charge in [0.2, 0.25) is 0 Å². The van der Waals surface area contributed by atoms with Gasteiger partial charge in [-0.25, -0.2) is 0 Å². The van der Waals surface area contributed by atoms with Crippen molar-refractivity contribution in [3.05, 3.63) is 29.3 Å². The van der Waals surface area contributed by atoms with E-state index in [1.165, 1.54) is 18.4 Å². The topological polar surface area (TPSA) is 65.1 Å². The van der Waals surface area contributed by atoms with E-state index in [0.29, 0.717) is 0 Å². The summed E-state index contributed by atoms with van der Waals surface area (Å²) in [4.78, 5) is 4.94. The third-order valence-electron chi connectivity index (χ3n) is 4.32. The van der Waals surface area contributed by atoms with Crippen LogP contribution in [-0.2, 0) is 0 Å². The van der Waals surface area contributed by atoms with Crippen LogP contribution in [0.1, 0.15) is 24.0 Å². The molecule has 1 aromatic carbocycles. The molecule has 3 N–H and O–H groups in total. The normalized spacial score (nSPS) is 21.2. The van der Waals surface area contributed by atoms with Crippen molar-refractivity contribution < 1.29 is 5.21 Å². The molecule has 0 unspecified atom stereocenters. The number of hydrogen-bond acceptors (Lipinski definition) is 4. The van der Waals surface area contributed by atoms with Crippen molar-refractivity contribution in [1.82, 2.24) is 4.90 Å². The maximum atomic E-state index is 8.96. The van der Waals surface area contributed by atoms with Crippen LogP contribution in [0.3, 0.4) is 0 Å². The summed E-state index contributed by atoms with van der Waals surface area (Å²) in [6.07, 6.45) is 2.72. The molecule has 1 aliphatic heterocycles. The van der Waals surface area contributed by atoms with Crippen LogP contribution in [0.5, 0.6) is 0 Å². The summed E-state index contributed by atoms with van der Waals surface area (Å²) < 4.78 is 0. The van der Waals surface area contributed by atoms with E-state index >= 15 is 0 Å². The summed E-state index contributed by atoms with van der Waals surface area (Å²) >= 11 is 0. The van der Waals surface area contributed by atoms with Crippen LogP contribution in [0.4, 0.5) is 5.69 Å². The summed E-state index contributed by atoms with van der Waals surface area (Å²) in [5.41, 5.74) is 8.93. The zero-order valence-corrected chi connectivity index (χ0v) is 11.9. The van der Waals surface area contributed by atoms with Gasteiger partial charge >= 0.3 is 0 Å². The monoisotopic (exact) mass is 274 g/mol. The number of rotatable bonds is 3. The number of oxime groups is 1. The Morgan fingerprint density at radius 1 is 1.25 bits per heavy atom. The van der Waals surface area contributed by atoms with Crippen molar-refractivity contribution in [2.45, 2.75) is 25.8 Å². The fourth-order valence-electron chi connectivity index (χ4n) is 3.09. The molecule has 1 aliphatic carbocycles. The standard InChI is InChI=1S/C15H22N4O/c1-11-3-2-4-13(15(16)17-20)14(11)19-9-7-18(8-10-19)12-5-6-12/h2-4,12,20H,5-10H2,1H3,(H2,16,17). The van der Waals surface area contributed by atoms with Gasteiger partial charge in [0.05, 0.1) is 5.69 Å². The lowest BCUT2D eigenvalue weighted by atomic mass is 10.0. The highest BCUT2D eigenvalue weighted by atomic mass is 16.4. The average molecular weight is 274 g/mol. The lowest BCUT2D eigenvalue weighted by Gasteiger charge is -2.37. The number of benzene rings is 1. The smallest absolute Gasteiger partial charge is 0.172 e. The number of nitrogens with zero attached hydrogens (tertiary/aromatic N) is 3. The van der Waals surface area contributed by atoms with Crippen LogP contribution < -0.4 is 10.6 Å². The molecule has 1 saturated carbocycles. The average Bonchev–Trinajstić information content (AvgIpc) is 3.31. The molecule has 1 heterocycles. The van der Waals surface area contributed by atoms with E-state index in [0.717, 1.165) is 43.5 Å². The van der Waals surface area contributed by atoms with Gasteiger partial charge in [-0.3, -0.25) is 4.90 Å². The molecule has 1 saturated heterocycles. The Morgan fingerprint density at radius 2 is 1.95 bits per heavy atom. The molecule has 2 aliphatic rings. The predicted molar refractivity (Wildman–Crippen MR) is 80.5 cm³/mol. The van der Waals surface area contributed by atoms with Gasteiger partial charge in [-0.1, -0.05) is 17.3 Å². The first-order chi connectivity index (χ1) is 9.70. The molecule has 108 valence electrons. The van der Waals surface area contributed by atoms with Crippen molar-refractivity contribution in [2.75, 3.05) is 31.1 Å². The number of para-hydroxylation sites is 1. The van der Waals surface area contributed by atoms with Crippen LogP contribution in [0.25, 0.3) is 0 Å². The van der Waals surface area contributed by atoms with Crippen molar-refractivity contribution in [1.29, 1.82) is 0 Å². The van der Waals surface area contributed by atoms with E-state index in [1.54, 1.807) is 0 Å². The molecule has 0 amide bonds. The highest BCUT2D eigenvalue weighted by Gasteiger charge is 2.31. The molecule has 0 bridgehead atoms. The third kappa shape index (κ3) is 2.45. The molecule has 1 aromatic rings. The van der Waals surface area contributed by atoms with Crippen LogP contribution >= 0.6 is 0 Å². The number of aryl methyl sites for hydroxylation is 1. The highest BCUT2D eigenvalue weighted by Crippen LogP contribution is 2.30. The van der Waals surface area contributed by atoms with Gasteiger partial charge in [-0.05, 0) is 31.4 Å². The molecular formula is C15H22N4O. The first-order valence-electron chi connectivity index (χ1n) is 7.27. The van der Waals surface area contributed by atoms with Crippen molar-refractivity contribution in [2.24, 2.45) is 10.9 Å². The van der Waals surface area contributed by atoms with E-state index in [-0.39, 0.29) is 5.84 Å². The second-order valence-corrected chi connectivity index (χ2v) is 5.71. The summed E-state index contributed by atoms with van der Waals surface area (Å²) in [5, 5.41) is 12.1.